The first-order valence-corrected chi connectivity index (χ1v) is 9.07. The molecule has 2 heterocycles. The van der Waals surface area contributed by atoms with Crippen LogP contribution < -0.4 is 10.6 Å². The van der Waals surface area contributed by atoms with Gasteiger partial charge in [-0.3, -0.25) is 0 Å². The van der Waals surface area contributed by atoms with Crippen molar-refractivity contribution >= 4 is 17.3 Å². The fraction of sp³-hybridized carbons (Fsp3) is 0.529. The standard InChI is InChI=1S/C17H20ClF4N5/c18-15-7-14(12(8-24-15)13-5-6-27(26-13)17(21)22)25-11-3-1-10(2-4-11)23-9-16(19)20/h5-8,10-11,16-17,23H,1-4,9H2,(H,24,25). The summed E-state index contributed by atoms with van der Waals surface area (Å²) in [4.78, 5) is 4.02. The van der Waals surface area contributed by atoms with E-state index in [-0.39, 0.29) is 23.8 Å². The molecule has 0 bridgehead atoms. The van der Waals surface area contributed by atoms with Crippen molar-refractivity contribution in [3.63, 3.8) is 0 Å². The van der Waals surface area contributed by atoms with Crippen molar-refractivity contribution in [3.8, 4) is 11.3 Å². The summed E-state index contributed by atoms with van der Waals surface area (Å²) < 4.78 is 50.7. The zero-order valence-electron chi connectivity index (χ0n) is 14.4. The molecule has 0 saturated heterocycles. The highest BCUT2D eigenvalue weighted by molar-refractivity contribution is 6.29. The fourth-order valence-corrected chi connectivity index (χ4v) is 3.42. The molecule has 0 atom stereocenters. The highest BCUT2D eigenvalue weighted by Gasteiger charge is 2.23. The fourth-order valence-electron chi connectivity index (χ4n) is 3.26. The summed E-state index contributed by atoms with van der Waals surface area (Å²) in [6.07, 6.45) is 3.50. The summed E-state index contributed by atoms with van der Waals surface area (Å²) >= 11 is 5.99. The molecule has 0 spiro atoms. The molecular weight excluding hydrogens is 386 g/mol. The van der Waals surface area contributed by atoms with Crippen molar-refractivity contribution < 1.29 is 17.6 Å². The van der Waals surface area contributed by atoms with E-state index in [1.165, 1.54) is 18.5 Å². The number of hydrogen-bond donors (Lipinski definition) is 2. The number of aromatic nitrogens is 3. The smallest absolute Gasteiger partial charge is 0.333 e. The molecule has 0 unspecified atom stereocenters. The summed E-state index contributed by atoms with van der Waals surface area (Å²) in [6.45, 7) is -3.01. The maximum absolute atomic E-state index is 12.8. The van der Waals surface area contributed by atoms with E-state index in [4.69, 9.17) is 11.6 Å². The van der Waals surface area contributed by atoms with Gasteiger partial charge in [-0.15, -0.1) is 0 Å². The van der Waals surface area contributed by atoms with Gasteiger partial charge in [0.05, 0.1) is 12.2 Å². The van der Waals surface area contributed by atoms with Gasteiger partial charge in [0, 0.05) is 35.7 Å². The molecule has 0 radical (unpaired) electrons. The van der Waals surface area contributed by atoms with Gasteiger partial charge in [0.15, 0.2) is 0 Å². The Morgan fingerprint density at radius 1 is 1.15 bits per heavy atom. The Balaban J connectivity index is 1.67. The zero-order valence-corrected chi connectivity index (χ0v) is 15.1. The molecule has 1 aliphatic rings. The largest absolute Gasteiger partial charge is 0.382 e. The Kier molecular flexibility index (Phi) is 6.54. The molecule has 0 amide bonds. The van der Waals surface area contributed by atoms with Gasteiger partial charge in [0.1, 0.15) is 5.15 Å². The highest BCUT2D eigenvalue weighted by atomic mass is 35.5. The van der Waals surface area contributed by atoms with Gasteiger partial charge >= 0.3 is 6.55 Å². The zero-order chi connectivity index (χ0) is 19.4. The predicted molar refractivity (Wildman–Crippen MR) is 95.4 cm³/mol. The van der Waals surface area contributed by atoms with Gasteiger partial charge in [-0.1, -0.05) is 11.6 Å². The van der Waals surface area contributed by atoms with E-state index in [9.17, 15) is 17.6 Å². The van der Waals surface area contributed by atoms with Crippen LogP contribution in [0.3, 0.4) is 0 Å². The molecule has 1 fully saturated rings. The number of nitrogens with one attached hydrogen (secondary N) is 2. The summed E-state index contributed by atoms with van der Waals surface area (Å²) in [5.41, 5.74) is 1.62. The summed E-state index contributed by atoms with van der Waals surface area (Å²) in [5, 5.41) is 10.4. The molecule has 5 nitrogen and oxygen atoms in total. The van der Waals surface area contributed by atoms with Crippen molar-refractivity contribution in [1.29, 1.82) is 0 Å². The van der Waals surface area contributed by atoms with Crippen LogP contribution >= 0.6 is 11.6 Å². The van der Waals surface area contributed by atoms with Crippen LogP contribution in [0.2, 0.25) is 5.15 Å². The minimum atomic E-state index is -2.72. The Bertz CT molecular complexity index is 747. The first-order valence-electron chi connectivity index (χ1n) is 8.69. The second-order valence-electron chi connectivity index (χ2n) is 6.50. The lowest BCUT2D eigenvalue weighted by atomic mass is 9.91. The van der Waals surface area contributed by atoms with E-state index in [0.29, 0.717) is 21.6 Å². The monoisotopic (exact) mass is 405 g/mol. The Morgan fingerprint density at radius 2 is 1.85 bits per heavy atom. The molecule has 27 heavy (non-hydrogen) atoms. The van der Waals surface area contributed by atoms with E-state index >= 15 is 0 Å². The normalized spacial score (nSPS) is 20.4. The van der Waals surface area contributed by atoms with Crippen LogP contribution in [0.1, 0.15) is 32.2 Å². The molecule has 2 aromatic rings. The number of rotatable bonds is 7. The minimum absolute atomic E-state index is 0.0827. The number of pyridine rings is 1. The third-order valence-electron chi connectivity index (χ3n) is 4.60. The minimum Gasteiger partial charge on any atom is -0.382 e. The molecule has 1 saturated carbocycles. The molecule has 2 aromatic heterocycles. The molecule has 1 aliphatic carbocycles. The summed E-state index contributed by atoms with van der Waals surface area (Å²) in [7, 11) is 0. The molecule has 3 rings (SSSR count). The lowest BCUT2D eigenvalue weighted by Crippen LogP contribution is -2.39. The van der Waals surface area contributed by atoms with Crippen molar-refractivity contribution in [2.24, 2.45) is 0 Å². The van der Waals surface area contributed by atoms with Gasteiger partial charge < -0.3 is 10.6 Å². The molecular formula is C17H20ClF4N5. The lowest BCUT2D eigenvalue weighted by molar-refractivity contribution is 0.0568. The van der Waals surface area contributed by atoms with Gasteiger partial charge in [-0.05, 0) is 37.8 Å². The number of halogens is 5. The number of anilines is 1. The van der Waals surface area contributed by atoms with E-state index in [1.54, 1.807) is 6.07 Å². The van der Waals surface area contributed by atoms with Crippen molar-refractivity contribution in [1.82, 2.24) is 20.1 Å². The first-order chi connectivity index (χ1) is 12.9. The second-order valence-corrected chi connectivity index (χ2v) is 6.89. The molecule has 10 heteroatoms. The van der Waals surface area contributed by atoms with E-state index < -0.39 is 13.0 Å². The molecule has 0 aliphatic heterocycles. The van der Waals surface area contributed by atoms with Crippen LogP contribution in [0.4, 0.5) is 23.2 Å². The molecule has 2 N–H and O–H groups in total. The van der Waals surface area contributed by atoms with Gasteiger partial charge in [-0.2, -0.15) is 13.9 Å². The van der Waals surface area contributed by atoms with E-state index in [2.05, 4.69) is 20.7 Å². The summed E-state index contributed by atoms with van der Waals surface area (Å²) in [6, 6.07) is 3.34. The third-order valence-corrected chi connectivity index (χ3v) is 4.81. The molecule has 148 valence electrons. The highest BCUT2D eigenvalue weighted by Crippen LogP contribution is 2.31. The number of nitrogens with zero attached hydrogens (tertiary/aromatic N) is 3. The first kappa shape index (κ1) is 19.9. The van der Waals surface area contributed by atoms with Gasteiger partial charge in [-0.25, -0.2) is 18.4 Å². The number of hydrogen-bond acceptors (Lipinski definition) is 4. The van der Waals surface area contributed by atoms with Crippen LogP contribution in [0.15, 0.2) is 24.5 Å². The van der Waals surface area contributed by atoms with E-state index in [1.807, 2.05) is 0 Å². The second kappa shape index (κ2) is 8.88. The van der Waals surface area contributed by atoms with Gasteiger partial charge in [0.2, 0.25) is 0 Å². The average molecular weight is 406 g/mol. The van der Waals surface area contributed by atoms with Crippen LogP contribution in [0, 0.1) is 0 Å². The maximum atomic E-state index is 12.8. The molecule has 0 aromatic carbocycles. The van der Waals surface area contributed by atoms with Crippen LogP contribution in [0.5, 0.6) is 0 Å². The Hall–Kier alpha value is -1.87. The van der Waals surface area contributed by atoms with Crippen molar-refractivity contribution in [2.45, 2.75) is 50.7 Å². The summed E-state index contributed by atoms with van der Waals surface area (Å²) in [5.74, 6) is 0. The Labute approximate surface area is 159 Å². The van der Waals surface area contributed by atoms with Crippen LogP contribution in [-0.4, -0.2) is 39.8 Å². The van der Waals surface area contributed by atoms with Crippen LogP contribution in [0.25, 0.3) is 11.3 Å². The lowest BCUT2D eigenvalue weighted by Gasteiger charge is -2.30. The predicted octanol–water partition coefficient (Wildman–Crippen LogP) is 4.57. The number of alkyl halides is 4. The SMILES string of the molecule is FC(F)CNC1CCC(Nc2cc(Cl)ncc2-c2ccn(C(F)F)n2)CC1. The van der Waals surface area contributed by atoms with Crippen molar-refractivity contribution in [3.05, 3.63) is 29.7 Å². The quantitative estimate of drug-likeness (QED) is 0.523. The topological polar surface area (TPSA) is 54.8 Å². The Morgan fingerprint density at radius 3 is 2.48 bits per heavy atom. The van der Waals surface area contributed by atoms with E-state index in [0.717, 1.165) is 25.7 Å². The maximum Gasteiger partial charge on any atom is 0.333 e. The average Bonchev–Trinajstić information content (AvgIpc) is 3.11. The van der Waals surface area contributed by atoms with Crippen LogP contribution in [-0.2, 0) is 0 Å². The van der Waals surface area contributed by atoms with Crippen molar-refractivity contribution in [2.75, 3.05) is 11.9 Å². The third kappa shape index (κ3) is 5.32. The van der Waals surface area contributed by atoms with Gasteiger partial charge in [0.25, 0.3) is 6.43 Å².